The normalized spacial score (nSPS) is 15.2. The Hall–Kier alpha value is -4.14. The Bertz CT molecular complexity index is 2170. The first-order chi connectivity index (χ1) is 23.4. The molecular weight excluding hydrogens is 672 g/mol. The van der Waals surface area contributed by atoms with Crippen LogP contribution in [0.5, 0.6) is 5.75 Å². The summed E-state index contributed by atoms with van der Waals surface area (Å²) in [5, 5.41) is 14.6. The van der Waals surface area contributed by atoms with Gasteiger partial charge in [-0.15, -0.1) is 11.3 Å². The molecule has 248 valence electrons. The molecule has 0 spiro atoms. The summed E-state index contributed by atoms with van der Waals surface area (Å²) < 4.78 is 41.0. The zero-order valence-electron chi connectivity index (χ0n) is 25.9. The predicted molar refractivity (Wildman–Crippen MR) is 187 cm³/mol. The number of hydrogen-bond acceptors (Lipinski definition) is 11. The third-order valence-corrected chi connectivity index (χ3v) is 10.8. The van der Waals surface area contributed by atoms with Crippen molar-refractivity contribution in [3.05, 3.63) is 93.9 Å². The fraction of sp³-hybridized carbons (Fsp3) is 0.294. The van der Waals surface area contributed by atoms with Crippen LogP contribution in [0.1, 0.15) is 41.1 Å². The number of aliphatic hydroxyl groups excluding tert-OH is 1. The van der Waals surface area contributed by atoms with E-state index in [1.165, 1.54) is 15.3 Å². The van der Waals surface area contributed by atoms with E-state index in [-0.39, 0.29) is 29.6 Å². The van der Waals surface area contributed by atoms with Gasteiger partial charge in [-0.1, -0.05) is 36.4 Å². The summed E-state index contributed by atoms with van der Waals surface area (Å²) in [6, 6.07) is 16.7. The number of halogens is 1. The number of nitrogens with zero attached hydrogens (tertiary/aromatic N) is 5. The summed E-state index contributed by atoms with van der Waals surface area (Å²) in [5.41, 5.74) is 2.91. The van der Waals surface area contributed by atoms with E-state index in [2.05, 4.69) is 25.3 Å². The Labute approximate surface area is 286 Å². The Morgan fingerprint density at radius 1 is 1.08 bits per heavy atom. The van der Waals surface area contributed by atoms with Crippen LogP contribution in [-0.2, 0) is 33.5 Å². The second-order valence-corrected chi connectivity index (χ2v) is 14.9. The third-order valence-electron chi connectivity index (χ3n) is 8.04. The maximum atomic E-state index is 14.0. The number of aromatic nitrogens is 5. The smallest absolute Gasteiger partial charge is 0.244 e. The number of ether oxygens (including phenoxy) is 2. The van der Waals surface area contributed by atoms with E-state index >= 15 is 0 Å². The first kappa shape index (κ1) is 32.4. The number of hydrogen-bond donors (Lipinski definition) is 2. The van der Waals surface area contributed by atoms with Crippen molar-refractivity contribution < 1.29 is 23.0 Å². The van der Waals surface area contributed by atoms with Crippen molar-refractivity contribution in [1.29, 1.82) is 0 Å². The second kappa shape index (κ2) is 14.1. The molecule has 1 fully saturated rings. The minimum absolute atomic E-state index is 0.0944. The topological polar surface area (TPSA) is 141 Å². The third kappa shape index (κ3) is 7.15. The van der Waals surface area contributed by atoms with Gasteiger partial charge in [-0.3, -0.25) is 4.98 Å². The minimum atomic E-state index is -3.94. The van der Waals surface area contributed by atoms with Crippen LogP contribution >= 0.6 is 22.9 Å². The van der Waals surface area contributed by atoms with Crippen LogP contribution in [0.4, 0.5) is 5.82 Å². The summed E-state index contributed by atoms with van der Waals surface area (Å²) in [7, 11) is -3.94. The number of fused-ring (bicyclic) bond motifs is 2. The van der Waals surface area contributed by atoms with Crippen LogP contribution in [0.2, 0.25) is 5.28 Å². The second-order valence-electron chi connectivity index (χ2n) is 11.5. The zero-order chi connectivity index (χ0) is 33.1. The highest BCUT2D eigenvalue weighted by molar-refractivity contribution is 7.89. The molecule has 4 aromatic heterocycles. The molecule has 0 aliphatic carbocycles. The SMILES string of the molecule is O=S(=O)(Cc1ccccc1)n1cc(-c2ccc3ncc(OC4CCCCO4)cc3c2)c2c(NCc3ncc(CCCO)s3)nc(Cl)nc21. The molecule has 0 radical (unpaired) electrons. The lowest BCUT2D eigenvalue weighted by Gasteiger charge is -2.23. The van der Waals surface area contributed by atoms with Gasteiger partial charge in [0, 0.05) is 41.2 Å². The van der Waals surface area contributed by atoms with Crippen molar-refractivity contribution in [2.45, 2.75) is 50.7 Å². The van der Waals surface area contributed by atoms with E-state index in [1.807, 2.05) is 30.3 Å². The highest BCUT2D eigenvalue weighted by Crippen LogP contribution is 2.38. The van der Waals surface area contributed by atoms with E-state index in [4.69, 9.17) is 21.1 Å². The lowest BCUT2D eigenvalue weighted by atomic mass is 10.0. The number of benzene rings is 2. The van der Waals surface area contributed by atoms with Crippen molar-refractivity contribution in [3.63, 3.8) is 0 Å². The van der Waals surface area contributed by atoms with Crippen molar-refractivity contribution in [1.82, 2.24) is 23.9 Å². The van der Waals surface area contributed by atoms with Gasteiger partial charge >= 0.3 is 0 Å². The molecule has 1 aliphatic heterocycles. The fourth-order valence-corrected chi connectivity index (χ4v) is 8.23. The van der Waals surface area contributed by atoms with Gasteiger partial charge in [0.15, 0.2) is 11.9 Å². The van der Waals surface area contributed by atoms with E-state index < -0.39 is 10.0 Å². The highest BCUT2D eigenvalue weighted by atomic mass is 35.5. The van der Waals surface area contributed by atoms with Crippen LogP contribution in [-0.4, -0.2) is 56.9 Å². The summed E-state index contributed by atoms with van der Waals surface area (Å²) >= 11 is 7.98. The van der Waals surface area contributed by atoms with Crippen LogP contribution < -0.4 is 10.1 Å². The van der Waals surface area contributed by atoms with Crippen LogP contribution in [0.25, 0.3) is 33.1 Å². The molecule has 6 aromatic rings. The zero-order valence-corrected chi connectivity index (χ0v) is 28.3. The molecule has 0 amide bonds. The standard InChI is InChI=1S/C34H33ClN6O5S2/c35-34-39-32(38-19-29-37-18-26(47-29)9-6-13-42)31-27(20-41(33(31)40-34)48(43,44)21-22-7-2-1-3-8-22)23-11-12-28-24(15-23)16-25(17-36-28)46-30-10-4-5-14-45-30/h1-3,7-8,11-12,15-18,20,30,42H,4-6,9-10,13-14,19,21H2,(H,38,39,40). The van der Waals surface area contributed by atoms with E-state index in [0.29, 0.717) is 47.7 Å². The van der Waals surface area contributed by atoms with Crippen LogP contribution in [0.15, 0.2) is 73.2 Å². The van der Waals surface area contributed by atoms with Gasteiger partial charge in [0.2, 0.25) is 15.3 Å². The lowest BCUT2D eigenvalue weighted by molar-refractivity contribution is -0.106. The number of rotatable bonds is 12. The Kier molecular flexibility index (Phi) is 9.55. The minimum Gasteiger partial charge on any atom is -0.463 e. The van der Waals surface area contributed by atoms with Gasteiger partial charge < -0.3 is 19.9 Å². The Morgan fingerprint density at radius 2 is 1.96 bits per heavy atom. The van der Waals surface area contributed by atoms with Gasteiger partial charge in [-0.05, 0) is 66.6 Å². The number of thiazole rings is 1. The first-order valence-electron chi connectivity index (χ1n) is 15.7. The Balaban J connectivity index is 1.31. The average molecular weight is 705 g/mol. The number of aryl methyl sites for hydroxylation is 1. The molecule has 11 nitrogen and oxygen atoms in total. The summed E-state index contributed by atoms with van der Waals surface area (Å²) in [6.45, 7) is 1.12. The van der Waals surface area contributed by atoms with Crippen LogP contribution in [0.3, 0.4) is 0 Å². The molecule has 48 heavy (non-hydrogen) atoms. The average Bonchev–Trinajstić information content (AvgIpc) is 3.72. The molecule has 2 aromatic carbocycles. The van der Waals surface area contributed by atoms with Crippen molar-refractivity contribution >= 4 is 60.7 Å². The largest absolute Gasteiger partial charge is 0.463 e. The molecule has 0 bridgehead atoms. The van der Waals surface area contributed by atoms with Crippen molar-refractivity contribution in [3.8, 4) is 16.9 Å². The van der Waals surface area contributed by atoms with Gasteiger partial charge in [0.1, 0.15) is 16.6 Å². The number of anilines is 1. The Morgan fingerprint density at radius 3 is 2.77 bits per heavy atom. The predicted octanol–water partition coefficient (Wildman–Crippen LogP) is 6.58. The molecule has 14 heteroatoms. The van der Waals surface area contributed by atoms with E-state index in [0.717, 1.165) is 52.0 Å². The monoisotopic (exact) mass is 704 g/mol. The van der Waals surface area contributed by atoms with E-state index in [9.17, 15) is 13.5 Å². The maximum absolute atomic E-state index is 14.0. The maximum Gasteiger partial charge on any atom is 0.244 e. The van der Waals surface area contributed by atoms with Gasteiger partial charge in [0.05, 0.1) is 36.0 Å². The number of nitrogens with one attached hydrogen (secondary N) is 1. The van der Waals surface area contributed by atoms with Crippen molar-refractivity contribution in [2.75, 3.05) is 18.5 Å². The molecular formula is C34H33ClN6O5S2. The lowest BCUT2D eigenvalue weighted by Crippen LogP contribution is -2.24. The summed E-state index contributed by atoms with van der Waals surface area (Å²) in [6.07, 6.45) is 9.05. The van der Waals surface area contributed by atoms with E-state index in [1.54, 1.807) is 42.9 Å². The highest BCUT2D eigenvalue weighted by Gasteiger charge is 2.25. The van der Waals surface area contributed by atoms with Crippen LogP contribution in [0, 0.1) is 0 Å². The molecule has 0 saturated carbocycles. The molecule has 1 aliphatic rings. The molecule has 1 atom stereocenters. The summed E-state index contributed by atoms with van der Waals surface area (Å²) in [4.78, 5) is 19.1. The van der Waals surface area contributed by atoms with Gasteiger partial charge in [-0.25, -0.2) is 22.4 Å². The van der Waals surface area contributed by atoms with Gasteiger partial charge in [0.25, 0.3) is 0 Å². The molecule has 1 saturated heterocycles. The van der Waals surface area contributed by atoms with Gasteiger partial charge in [-0.2, -0.15) is 4.98 Å². The number of aliphatic hydroxyl groups is 1. The number of pyridine rings is 1. The quantitative estimate of drug-likeness (QED) is 0.134. The first-order valence-corrected chi connectivity index (χ1v) is 18.5. The molecule has 1 unspecified atom stereocenters. The fourth-order valence-electron chi connectivity index (χ4n) is 5.74. The molecule has 2 N–H and O–H groups in total. The molecule has 7 rings (SSSR count). The molecule has 5 heterocycles. The summed E-state index contributed by atoms with van der Waals surface area (Å²) in [5.74, 6) is 0.743. The van der Waals surface area contributed by atoms with Crippen molar-refractivity contribution in [2.24, 2.45) is 0 Å².